The van der Waals surface area contributed by atoms with Crippen LogP contribution in [0.4, 0.5) is 19.0 Å². The summed E-state index contributed by atoms with van der Waals surface area (Å²) in [7, 11) is 1.43. The van der Waals surface area contributed by atoms with Crippen molar-refractivity contribution in [2.45, 2.75) is 39.5 Å². The van der Waals surface area contributed by atoms with E-state index in [0.717, 1.165) is 15.2 Å². The van der Waals surface area contributed by atoms with E-state index in [9.17, 15) is 27.6 Å². The molecule has 5 aromatic rings. The molecule has 5 rings (SSSR count). The van der Waals surface area contributed by atoms with Crippen LogP contribution in [0, 0.1) is 13.8 Å². The molecule has 0 radical (unpaired) electrons. The van der Waals surface area contributed by atoms with Crippen molar-refractivity contribution >= 4 is 22.9 Å². The Balaban J connectivity index is 1.45. The summed E-state index contributed by atoms with van der Waals surface area (Å²) < 4.78 is 48.3. The molecule has 5 heterocycles. The molecule has 0 aliphatic carbocycles. The molecule has 212 valence electrons. The van der Waals surface area contributed by atoms with Crippen LogP contribution in [0.25, 0.3) is 22.4 Å². The smallest absolute Gasteiger partial charge is 0.340 e. The van der Waals surface area contributed by atoms with E-state index in [-0.39, 0.29) is 52.2 Å². The third kappa shape index (κ3) is 5.08. The van der Waals surface area contributed by atoms with Gasteiger partial charge in [-0.05, 0) is 19.9 Å². The van der Waals surface area contributed by atoms with Crippen molar-refractivity contribution in [2.24, 2.45) is 7.05 Å². The third-order valence-corrected chi connectivity index (χ3v) is 6.30. The van der Waals surface area contributed by atoms with Crippen molar-refractivity contribution in [1.29, 1.82) is 0 Å². The minimum atomic E-state index is -4.61. The lowest BCUT2D eigenvalue weighted by Crippen LogP contribution is -2.40. The number of amides is 1. The molecular weight excluding hydrogens is 549 g/mol. The fraction of sp³-hybridized carbons (Fsp3) is 0.292. The van der Waals surface area contributed by atoms with Crippen LogP contribution in [0.15, 0.2) is 45.1 Å². The second kappa shape index (κ2) is 10.1. The van der Waals surface area contributed by atoms with Crippen LogP contribution in [0.3, 0.4) is 0 Å². The van der Waals surface area contributed by atoms with E-state index in [0.29, 0.717) is 0 Å². The molecule has 0 aliphatic heterocycles. The monoisotopic (exact) mass is 570 g/mol. The lowest BCUT2D eigenvalue weighted by molar-refractivity contribution is -0.138. The van der Waals surface area contributed by atoms with Crippen molar-refractivity contribution in [3.63, 3.8) is 0 Å². The molecule has 0 aromatic carbocycles. The summed E-state index contributed by atoms with van der Waals surface area (Å²) in [5, 5.41) is 6.27. The number of pyridine rings is 1. The van der Waals surface area contributed by atoms with Crippen molar-refractivity contribution in [3.05, 3.63) is 74.8 Å². The Morgan fingerprint density at radius 1 is 1.12 bits per heavy atom. The van der Waals surface area contributed by atoms with Gasteiger partial charge in [-0.1, -0.05) is 5.16 Å². The van der Waals surface area contributed by atoms with Crippen molar-refractivity contribution in [3.8, 4) is 11.3 Å². The zero-order valence-electron chi connectivity index (χ0n) is 22.0. The lowest BCUT2D eigenvalue weighted by atomic mass is 10.1. The summed E-state index contributed by atoms with van der Waals surface area (Å²) in [4.78, 5) is 59.5. The molecule has 0 saturated carbocycles. The number of nitrogens with one attached hydrogen (secondary N) is 1. The average Bonchev–Trinajstić information content (AvgIpc) is 3.55. The van der Waals surface area contributed by atoms with Gasteiger partial charge in [0.15, 0.2) is 22.8 Å². The molecule has 41 heavy (non-hydrogen) atoms. The van der Waals surface area contributed by atoms with E-state index < -0.39 is 34.9 Å². The van der Waals surface area contributed by atoms with Crippen molar-refractivity contribution in [1.82, 2.24) is 43.8 Å². The van der Waals surface area contributed by atoms with Crippen LogP contribution in [0.5, 0.6) is 0 Å². The molecule has 1 unspecified atom stereocenters. The molecule has 1 amide bonds. The van der Waals surface area contributed by atoms with Crippen LogP contribution in [0.1, 0.15) is 35.9 Å². The van der Waals surface area contributed by atoms with E-state index in [2.05, 4.69) is 35.4 Å². The number of halogens is 3. The number of rotatable bonds is 6. The van der Waals surface area contributed by atoms with Crippen LogP contribution >= 0.6 is 0 Å². The Bertz CT molecular complexity index is 1920. The second-order valence-corrected chi connectivity index (χ2v) is 9.10. The number of imidazole rings is 1. The normalized spacial score (nSPS) is 12.6. The van der Waals surface area contributed by atoms with E-state index >= 15 is 0 Å². The van der Waals surface area contributed by atoms with Crippen LogP contribution in [-0.4, -0.2) is 49.7 Å². The van der Waals surface area contributed by atoms with Crippen LogP contribution in [0.2, 0.25) is 0 Å². The number of hydrogen-bond acceptors (Lipinski definition) is 10. The highest BCUT2D eigenvalue weighted by Gasteiger charge is 2.33. The van der Waals surface area contributed by atoms with Gasteiger partial charge in [-0.3, -0.25) is 28.7 Å². The highest BCUT2D eigenvalue weighted by atomic mass is 19.4. The quantitative estimate of drug-likeness (QED) is 0.319. The maximum Gasteiger partial charge on any atom is 0.418 e. The summed E-state index contributed by atoms with van der Waals surface area (Å²) >= 11 is 0. The molecule has 17 heteroatoms. The first kappa shape index (κ1) is 27.4. The van der Waals surface area contributed by atoms with Gasteiger partial charge in [0, 0.05) is 31.4 Å². The molecule has 0 aliphatic rings. The largest absolute Gasteiger partial charge is 0.418 e. The first-order valence-corrected chi connectivity index (χ1v) is 12.0. The molecule has 5 aromatic heterocycles. The standard InChI is InChI=1S/C24H21F3N10O4/c1-11-15(24(25,26)27)5-14(6-29-11)16-7-28-8-17(32-16)33-21(38)12(2)37-10-30-20-19(37)22(39)36(23(40)35(20)4)9-18-31-13(3)41-34-18/h5-8,10,12H,9H2,1-4H3,(H,32,33,38). The Kier molecular flexibility index (Phi) is 6.72. The fourth-order valence-corrected chi connectivity index (χ4v) is 4.15. The number of hydrogen-bond donors (Lipinski definition) is 1. The first-order valence-electron chi connectivity index (χ1n) is 12.0. The summed E-state index contributed by atoms with van der Waals surface area (Å²) in [5.41, 5.74) is -2.37. The van der Waals surface area contributed by atoms with Gasteiger partial charge >= 0.3 is 11.9 Å². The van der Waals surface area contributed by atoms with Gasteiger partial charge in [-0.15, -0.1) is 0 Å². The Morgan fingerprint density at radius 2 is 1.88 bits per heavy atom. The number of alkyl halides is 3. The number of carbonyl (C=O) groups excluding carboxylic acids is 1. The number of aryl methyl sites for hydroxylation is 3. The van der Waals surface area contributed by atoms with Gasteiger partial charge in [-0.25, -0.2) is 14.8 Å². The number of nitrogens with zero attached hydrogens (tertiary/aromatic N) is 9. The number of carbonyl (C=O) groups is 1. The molecule has 0 spiro atoms. The molecular formula is C24H21F3N10O4. The van der Waals surface area contributed by atoms with E-state index in [1.807, 2.05) is 0 Å². The molecule has 1 atom stereocenters. The van der Waals surface area contributed by atoms with Gasteiger partial charge < -0.3 is 14.4 Å². The lowest BCUT2D eigenvalue weighted by Gasteiger charge is -2.15. The van der Waals surface area contributed by atoms with Crippen molar-refractivity contribution < 1.29 is 22.5 Å². The minimum absolute atomic E-state index is 0.0276. The highest BCUT2D eigenvalue weighted by Crippen LogP contribution is 2.33. The van der Waals surface area contributed by atoms with Crippen LogP contribution in [-0.2, 0) is 24.6 Å². The van der Waals surface area contributed by atoms with Crippen LogP contribution < -0.4 is 16.6 Å². The van der Waals surface area contributed by atoms with Gasteiger partial charge in [0.2, 0.25) is 11.8 Å². The molecule has 0 bridgehead atoms. The predicted octanol–water partition coefficient (Wildman–Crippen LogP) is 2.02. The Labute approximate surface area is 227 Å². The zero-order valence-corrected chi connectivity index (χ0v) is 22.0. The van der Waals surface area contributed by atoms with Crippen molar-refractivity contribution in [2.75, 3.05) is 5.32 Å². The van der Waals surface area contributed by atoms with Gasteiger partial charge in [-0.2, -0.15) is 18.2 Å². The maximum atomic E-state index is 13.4. The summed E-state index contributed by atoms with van der Waals surface area (Å²) in [5.74, 6) is -0.312. The van der Waals surface area contributed by atoms with E-state index in [1.54, 1.807) is 6.92 Å². The maximum absolute atomic E-state index is 13.4. The molecule has 0 fully saturated rings. The van der Waals surface area contributed by atoms with Gasteiger partial charge in [0.1, 0.15) is 6.04 Å². The average molecular weight is 570 g/mol. The van der Waals surface area contributed by atoms with Gasteiger partial charge in [0.25, 0.3) is 5.56 Å². The van der Waals surface area contributed by atoms with E-state index in [4.69, 9.17) is 4.52 Å². The first-order chi connectivity index (χ1) is 19.3. The molecule has 1 N–H and O–H groups in total. The minimum Gasteiger partial charge on any atom is -0.340 e. The summed E-state index contributed by atoms with van der Waals surface area (Å²) in [6, 6.07) is -0.127. The van der Waals surface area contributed by atoms with E-state index in [1.165, 1.54) is 50.4 Å². The van der Waals surface area contributed by atoms with Gasteiger partial charge in [0.05, 0.1) is 36.5 Å². The third-order valence-electron chi connectivity index (χ3n) is 6.30. The molecule has 0 saturated heterocycles. The Hall–Kier alpha value is -5.22. The summed E-state index contributed by atoms with van der Waals surface area (Å²) in [6.45, 7) is 4.03. The SMILES string of the molecule is Cc1nc(Cn2c(=O)c3c(ncn3C(C)C(=O)Nc3cncc(-c4cnc(C)c(C(F)(F)F)c4)n3)n(C)c2=O)no1. The fourth-order valence-electron chi connectivity index (χ4n) is 4.15. The number of anilines is 1. The number of aromatic nitrogens is 9. The number of fused-ring (bicyclic) bond motifs is 1. The topological polar surface area (TPSA) is 169 Å². The Morgan fingerprint density at radius 3 is 2.56 bits per heavy atom. The highest BCUT2D eigenvalue weighted by molar-refractivity contribution is 5.93. The predicted molar refractivity (Wildman–Crippen MR) is 136 cm³/mol. The molecule has 14 nitrogen and oxygen atoms in total. The zero-order chi connectivity index (χ0) is 29.6. The summed E-state index contributed by atoms with van der Waals surface area (Å²) in [6.07, 6.45) is 0.323. The second-order valence-electron chi connectivity index (χ2n) is 9.10.